The average molecular weight is 316 g/mol. The molecule has 0 spiro atoms. The minimum Gasteiger partial charge on any atom is -0.486 e. The van der Waals surface area contributed by atoms with Crippen molar-refractivity contribution >= 4 is 17.2 Å². The van der Waals surface area contributed by atoms with E-state index in [2.05, 4.69) is 4.98 Å². The lowest BCUT2D eigenvalue weighted by atomic mass is 10.1. The van der Waals surface area contributed by atoms with Crippen LogP contribution in [0.5, 0.6) is 11.5 Å². The summed E-state index contributed by atoms with van der Waals surface area (Å²) < 4.78 is 13.1. The molecule has 5 nitrogen and oxygen atoms in total. The number of ether oxygens (including phenoxy) is 2. The summed E-state index contributed by atoms with van der Waals surface area (Å²) in [5.74, 6) is 1.50. The van der Waals surface area contributed by atoms with Crippen molar-refractivity contribution in [2.45, 2.75) is 6.54 Å². The number of pyridine rings is 1. The molecule has 3 aromatic rings. The summed E-state index contributed by atoms with van der Waals surface area (Å²) in [5.41, 5.74) is 9.44. The van der Waals surface area contributed by atoms with Gasteiger partial charge in [0.05, 0.1) is 16.4 Å². The molecule has 1 aliphatic rings. The Bertz CT molecular complexity index is 860. The van der Waals surface area contributed by atoms with Crippen molar-refractivity contribution in [3.05, 3.63) is 47.2 Å². The summed E-state index contributed by atoms with van der Waals surface area (Å²) in [6.07, 6.45) is 1.83. The number of halogens is 1. The van der Waals surface area contributed by atoms with Gasteiger partial charge in [-0.25, -0.2) is 4.98 Å². The molecule has 0 saturated carbocycles. The predicted octanol–water partition coefficient (Wildman–Crippen LogP) is 2.88. The number of hydrogen-bond acceptors (Lipinski definition) is 4. The largest absolute Gasteiger partial charge is 0.486 e. The van der Waals surface area contributed by atoms with Crippen LogP contribution in [0.1, 0.15) is 5.69 Å². The van der Waals surface area contributed by atoms with Crippen molar-refractivity contribution in [1.29, 1.82) is 0 Å². The lowest BCUT2D eigenvalue weighted by Crippen LogP contribution is -2.15. The molecule has 3 heterocycles. The highest BCUT2D eigenvalue weighted by Gasteiger charge is 2.17. The fourth-order valence-electron chi connectivity index (χ4n) is 2.68. The minimum absolute atomic E-state index is 0.366. The maximum absolute atomic E-state index is 6.07. The Balaban J connectivity index is 1.90. The van der Waals surface area contributed by atoms with E-state index in [-0.39, 0.29) is 0 Å². The highest BCUT2D eigenvalue weighted by molar-refractivity contribution is 6.30. The Morgan fingerprint density at radius 3 is 2.77 bits per heavy atom. The zero-order chi connectivity index (χ0) is 15.1. The highest BCUT2D eigenvalue weighted by atomic mass is 35.5. The molecule has 22 heavy (non-hydrogen) atoms. The fraction of sp³-hybridized carbons (Fsp3) is 0.188. The Morgan fingerprint density at radius 2 is 1.95 bits per heavy atom. The molecule has 0 saturated heterocycles. The lowest BCUT2D eigenvalue weighted by molar-refractivity contribution is 0.171. The van der Waals surface area contributed by atoms with Crippen LogP contribution in [0, 0.1) is 0 Å². The molecule has 2 aromatic heterocycles. The zero-order valence-electron chi connectivity index (χ0n) is 11.8. The second-order valence-corrected chi connectivity index (χ2v) is 5.48. The van der Waals surface area contributed by atoms with Crippen LogP contribution in [0.4, 0.5) is 0 Å². The van der Waals surface area contributed by atoms with Crippen molar-refractivity contribution in [3.63, 3.8) is 0 Å². The topological polar surface area (TPSA) is 61.8 Å². The van der Waals surface area contributed by atoms with E-state index in [0.29, 0.717) is 24.8 Å². The molecule has 1 aromatic carbocycles. The molecule has 0 aliphatic carbocycles. The van der Waals surface area contributed by atoms with Crippen LogP contribution in [0.2, 0.25) is 5.02 Å². The van der Waals surface area contributed by atoms with Gasteiger partial charge < -0.3 is 19.6 Å². The summed E-state index contributed by atoms with van der Waals surface area (Å²) in [6.45, 7) is 1.50. The van der Waals surface area contributed by atoms with Gasteiger partial charge in [0.25, 0.3) is 0 Å². The van der Waals surface area contributed by atoms with E-state index in [9.17, 15) is 0 Å². The van der Waals surface area contributed by atoms with Gasteiger partial charge >= 0.3 is 0 Å². The molecule has 0 atom stereocenters. The third kappa shape index (κ3) is 2.10. The average Bonchev–Trinajstić information content (AvgIpc) is 2.92. The number of fused-ring (bicyclic) bond motifs is 2. The normalized spacial score (nSPS) is 13.5. The fourth-order valence-corrected chi connectivity index (χ4v) is 2.84. The van der Waals surface area contributed by atoms with E-state index in [1.54, 1.807) is 0 Å². The van der Waals surface area contributed by atoms with Crippen LogP contribution in [-0.4, -0.2) is 22.6 Å². The van der Waals surface area contributed by atoms with Gasteiger partial charge in [-0.2, -0.15) is 0 Å². The summed E-state index contributed by atoms with van der Waals surface area (Å²) in [7, 11) is 0. The van der Waals surface area contributed by atoms with Crippen LogP contribution in [0.3, 0.4) is 0 Å². The molecular weight excluding hydrogens is 302 g/mol. The van der Waals surface area contributed by atoms with Gasteiger partial charge in [-0.1, -0.05) is 11.6 Å². The Labute approximate surface area is 132 Å². The number of aromatic nitrogens is 2. The van der Waals surface area contributed by atoms with Gasteiger partial charge in [0, 0.05) is 18.3 Å². The predicted molar refractivity (Wildman–Crippen MR) is 84.5 cm³/mol. The molecule has 112 valence electrons. The van der Waals surface area contributed by atoms with Crippen LogP contribution in [0.25, 0.3) is 16.9 Å². The van der Waals surface area contributed by atoms with Crippen molar-refractivity contribution in [1.82, 2.24) is 9.38 Å². The molecule has 0 unspecified atom stereocenters. The van der Waals surface area contributed by atoms with E-state index in [1.807, 2.05) is 40.9 Å². The Hall–Kier alpha value is -2.24. The third-order valence-corrected chi connectivity index (χ3v) is 3.91. The first-order valence-corrected chi connectivity index (χ1v) is 7.40. The van der Waals surface area contributed by atoms with Crippen LogP contribution >= 0.6 is 11.6 Å². The van der Waals surface area contributed by atoms with Gasteiger partial charge in [0.2, 0.25) is 0 Å². The van der Waals surface area contributed by atoms with Gasteiger partial charge in [-0.05, 0) is 30.3 Å². The molecule has 0 radical (unpaired) electrons. The highest BCUT2D eigenvalue weighted by Crippen LogP contribution is 2.35. The molecule has 4 rings (SSSR count). The van der Waals surface area contributed by atoms with E-state index >= 15 is 0 Å². The monoisotopic (exact) mass is 315 g/mol. The van der Waals surface area contributed by atoms with Gasteiger partial charge in [-0.3, -0.25) is 0 Å². The zero-order valence-corrected chi connectivity index (χ0v) is 12.5. The third-order valence-electron chi connectivity index (χ3n) is 3.69. The number of rotatable bonds is 2. The Morgan fingerprint density at radius 1 is 1.14 bits per heavy atom. The molecule has 0 bridgehead atoms. The van der Waals surface area contributed by atoms with Crippen LogP contribution < -0.4 is 15.2 Å². The molecule has 0 fully saturated rings. The van der Waals surface area contributed by atoms with Crippen molar-refractivity contribution in [2.24, 2.45) is 5.73 Å². The number of nitrogens with two attached hydrogens (primary N) is 1. The van der Waals surface area contributed by atoms with Crippen LogP contribution in [0.15, 0.2) is 36.5 Å². The van der Waals surface area contributed by atoms with Crippen molar-refractivity contribution in [3.8, 4) is 22.8 Å². The molecule has 2 N–H and O–H groups in total. The van der Waals surface area contributed by atoms with E-state index in [0.717, 1.165) is 34.1 Å². The lowest BCUT2D eigenvalue weighted by Gasteiger charge is -2.18. The molecule has 1 aliphatic heterocycles. The summed E-state index contributed by atoms with van der Waals surface area (Å²) >= 11 is 6.07. The summed E-state index contributed by atoms with van der Waals surface area (Å²) in [6, 6.07) is 9.51. The van der Waals surface area contributed by atoms with E-state index in [4.69, 9.17) is 26.8 Å². The number of imidazole rings is 1. The van der Waals surface area contributed by atoms with Crippen molar-refractivity contribution < 1.29 is 9.47 Å². The number of hydrogen-bond donors (Lipinski definition) is 1. The van der Waals surface area contributed by atoms with Gasteiger partial charge in [-0.15, -0.1) is 0 Å². The second-order valence-electron chi connectivity index (χ2n) is 5.05. The Kier molecular flexibility index (Phi) is 3.17. The minimum atomic E-state index is 0.366. The number of nitrogens with zero attached hydrogens (tertiary/aromatic N) is 2. The first-order chi connectivity index (χ1) is 10.8. The van der Waals surface area contributed by atoms with E-state index in [1.165, 1.54) is 0 Å². The van der Waals surface area contributed by atoms with Gasteiger partial charge in [0.1, 0.15) is 18.9 Å². The first kappa shape index (κ1) is 13.4. The van der Waals surface area contributed by atoms with E-state index < -0.39 is 0 Å². The SMILES string of the molecule is NCc1c(-c2ccc3c(c2)OCCO3)nc2ccc(Cl)cn12. The molecular formula is C16H14ClN3O2. The first-order valence-electron chi connectivity index (χ1n) is 7.03. The molecule has 0 amide bonds. The second kappa shape index (κ2) is 5.19. The van der Waals surface area contributed by atoms with Crippen molar-refractivity contribution in [2.75, 3.05) is 13.2 Å². The maximum atomic E-state index is 6.07. The smallest absolute Gasteiger partial charge is 0.162 e. The molecule has 6 heteroatoms. The quantitative estimate of drug-likeness (QED) is 0.790. The number of benzene rings is 1. The maximum Gasteiger partial charge on any atom is 0.162 e. The standard InChI is InChI=1S/C16H14ClN3O2/c17-11-2-4-15-19-16(12(8-18)20(15)9-11)10-1-3-13-14(7-10)22-6-5-21-13/h1-4,7,9H,5-6,8,18H2. The summed E-state index contributed by atoms with van der Waals surface area (Å²) in [5, 5.41) is 0.647. The summed E-state index contributed by atoms with van der Waals surface area (Å²) in [4.78, 5) is 4.67. The van der Waals surface area contributed by atoms with Crippen LogP contribution in [-0.2, 0) is 6.54 Å². The van der Waals surface area contributed by atoms with Gasteiger partial charge in [0.15, 0.2) is 11.5 Å².